The summed E-state index contributed by atoms with van der Waals surface area (Å²) in [5, 5.41) is 17.1. The number of likely N-dealkylation sites (N-methyl/N-ethyl adjacent to an activating group) is 1. The lowest BCUT2D eigenvalue weighted by Gasteiger charge is -2.28. The molecule has 11 nitrogen and oxygen atoms in total. The van der Waals surface area contributed by atoms with Gasteiger partial charge in [-0.3, -0.25) is 14.9 Å². The quantitative estimate of drug-likeness (QED) is 0.479. The summed E-state index contributed by atoms with van der Waals surface area (Å²) >= 11 is 0. The summed E-state index contributed by atoms with van der Waals surface area (Å²) in [6.45, 7) is 3.14. The number of aromatic nitrogens is 2. The molecular formula is C20H25N7O4. The number of rotatable bonds is 8. The molecule has 2 heterocycles. The average Bonchev–Trinajstić information content (AvgIpc) is 3.58. The maximum Gasteiger partial charge on any atom is 0.329 e. The van der Waals surface area contributed by atoms with Crippen LogP contribution in [0.3, 0.4) is 0 Å². The monoisotopic (exact) mass is 427 g/mol. The van der Waals surface area contributed by atoms with Crippen molar-refractivity contribution in [2.45, 2.75) is 18.9 Å². The number of morpholine rings is 1. The van der Waals surface area contributed by atoms with Crippen molar-refractivity contribution in [3.05, 3.63) is 40.6 Å². The van der Waals surface area contributed by atoms with Gasteiger partial charge in [-0.15, -0.1) is 0 Å². The van der Waals surface area contributed by atoms with Crippen molar-refractivity contribution in [1.82, 2.24) is 9.97 Å². The van der Waals surface area contributed by atoms with Gasteiger partial charge < -0.3 is 25.2 Å². The van der Waals surface area contributed by atoms with Gasteiger partial charge in [0.1, 0.15) is 6.20 Å². The third-order valence-corrected chi connectivity index (χ3v) is 5.12. The molecule has 4 rings (SSSR count). The van der Waals surface area contributed by atoms with Crippen LogP contribution in [0.2, 0.25) is 0 Å². The molecule has 2 aromatic rings. The van der Waals surface area contributed by atoms with Gasteiger partial charge in [0.2, 0.25) is 17.7 Å². The van der Waals surface area contributed by atoms with E-state index in [9.17, 15) is 14.9 Å². The minimum absolute atomic E-state index is 0.00585. The number of carbonyl (C=O) groups is 1. The van der Waals surface area contributed by atoms with Crippen LogP contribution in [0.15, 0.2) is 30.5 Å². The summed E-state index contributed by atoms with van der Waals surface area (Å²) in [7, 11) is 1.67. The molecule has 1 aliphatic carbocycles. The highest BCUT2D eigenvalue weighted by atomic mass is 16.6. The normalized spacial score (nSPS) is 16.0. The van der Waals surface area contributed by atoms with Crippen LogP contribution in [-0.2, 0) is 9.53 Å². The molecule has 1 aromatic heterocycles. The van der Waals surface area contributed by atoms with Gasteiger partial charge in [-0.05, 0) is 37.1 Å². The number of hydrogen-bond donors (Lipinski definition) is 2. The van der Waals surface area contributed by atoms with Crippen molar-refractivity contribution in [2.75, 3.05) is 60.3 Å². The van der Waals surface area contributed by atoms with Gasteiger partial charge in [0.15, 0.2) is 0 Å². The zero-order chi connectivity index (χ0) is 21.8. The third-order valence-electron chi connectivity index (χ3n) is 5.12. The molecule has 2 aliphatic rings. The number of nitro groups is 1. The lowest BCUT2D eigenvalue weighted by molar-refractivity contribution is -0.384. The Labute approximate surface area is 179 Å². The number of benzene rings is 1. The first-order chi connectivity index (χ1) is 15.0. The maximum absolute atomic E-state index is 12.5. The van der Waals surface area contributed by atoms with Crippen molar-refractivity contribution < 1.29 is 14.5 Å². The first-order valence-electron chi connectivity index (χ1n) is 10.2. The second kappa shape index (κ2) is 9.13. The fourth-order valence-corrected chi connectivity index (χ4v) is 3.27. The largest absolute Gasteiger partial charge is 0.378 e. The van der Waals surface area contributed by atoms with Crippen LogP contribution in [0.1, 0.15) is 12.8 Å². The van der Waals surface area contributed by atoms with Gasteiger partial charge in [-0.25, -0.2) is 4.98 Å². The van der Waals surface area contributed by atoms with Crippen LogP contribution < -0.4 is 20.4 Å². The second-order valence-corrected chi connectivity index (χ2v) is 7.63. The van der Waals surface area contributed by atoms with Gasteiger partial charge in [0, 0.05) is 37.6 Å². The standard InChI is InChI=1S/C20H25N7O4/c1-25(20-21-12-17(27(29)30)19(24-20)23-15-2-3-15)13-18(28)22-14-4-6-16(7-5-14)26-8-10-31-11-9-26/h4-7,12,15H,2-3,8-11,13H2,1H3,(H,22,28)(H,21,23,24). The van der Waals surface area contributed by atoms with Crippen molar-refractivity contribution in [3.8, 4) is 0 Å². The molecule has 0 bridgehead atoms. The number of nitrogens with zero attached hydrogens (tertiary/aromatic N) is 5. The van der Waals surface area contributed by atoms with Gasteiger partial charge >= 0.3 is 5.69 Å². The molecule has 164 valence electrons. The minimum atomic E-state index is -0.512. The first kappa shape index (κ1) is 20.8. The summed E-state index contributed by atoms with van der Waals surface area (Å²) in [4.78, 5) is 35.3. The molecule has 0 unspecified atom stereocenters. The van der Waals surface area contributed by atoms with E-state index in [1.807, 2.05) is 24.3 Å². The highest BCUT2D eigenvalue weighted by molar-refractivity contribution is 5.94. The van der Waals surface area contributed by atoms with Crippen LogP contribution in [0.4, 0.5) is 28.8 Å². The Morgan fingerprint density at radius 1 is 1.29 bits per heavy atom. The van der Waals surface area contributed by atoms with Crippen LogP contribution in [0.5, 0.6) is 0 Å². The molecule has 1 aromatic carbocycles. The van der Waals surface area contributed by atoms with E-state index in [0.29, 0.717) is 18.9 Å². The Bertz CT molecular complexity index is 943. The first-order valence-corrected chi connectivity index (χ1v) is 10.2. The van der Waals surface area contributed by atoms with Gasteiger partial charge in [-0.2, -0.15) is 4.98 Å². The Morgan fingerprint density at radius 3 is 2.65 bits per heavy atom. The predicted octanol–water partition coefficient (Wildman–Crippen LogP) is 1.87. The SMILES string of the molecule is CN(CC(=O)Nc1ccc(N2CCOCC2)cc1)c1ncc([N+](=O)[O-])c(NC2CC2)n1. The third kappa shape index (κ3) is 5.37. The van der Waals surface area contributed by atoms with E-state index in [0.717, 1.165) is 31.6 Å². The number of nitrogens with one attached hydrogen (secondary N) is 2. The van der Waals surface area contributed by atoms with E-state index in [2.05, 4.69) is 25.5 Å². The van der Waals surface area contributed by atoms with Crippen LogP contribution >= 0.6 is 0 Å². The summed E-state index contributed by atoms with van der Waals surface area (Å²) < 4.78 is 5.37. The summed E-state index contributed by atoms with van der Waals surface area (Å²) in [6.07, 6.45) is 3.09. The molecule has 2 N–H and O–H groups in total. The van der Waals surface area contributed by atoms with E-state index in [1.165, 1.54) is 6.20 Å². The van der Waals surface area contributed by atoms with Crippen molar-refractivity contribution in [3.63, 3.8) is 0 Å². The van der Waals surface area contributed by atoms with E-state index in [1.54, 1.807) is 11.9 Å². The fraction of sp³-hybridized carbons (Fsp3) is 0.450. The maximum atomic E-state index is 12.5. The fourth-order valence-electron chi connectivity index (χ4n) is 3.27. The summed E-state index contributed by atoms with van der Waals surface area (Å²) in [5.41, 5.74) is 1.61. The molecule has 2 fully saturated rings. The Hall–Kier alpha value is -3.47. The second-order valence-electron chi connectivity index (χ2n) is 7.63. The average molecular weight is 427 g/mol. The molecule has 31 heavy (non-hydrogen) atoms. The predicted molar refractivity (Wildman–Crippen MR) is 117 cm³/mol. The molecule has 0 atom stereocenters. The molecule has 0 spiro atoms. The van der Waals surface area contributed by atoms with Crippen molar-refractivity contribution >= 4 is 34.7 Å². The van der Waals surface area contributed by atoms with E-state index >= 15 is 0 Å². The number of carbonyl (C=O) groups excluding carboxylic acids is 1. The molecule has 11 heteroatoms. The zero-order valence-electron chi connectivity index (χ0n) is 17.3. The summed E-state index contributed by atoms with van der Waals surface area (Å²) in [6, 6.07) is 7.88. The summed E-state index contributed by atoms with van der Waals surface area (Å²) in [5.74, 6) is 0.190. The molecule has 1 saturated carbocycles. The number of amides is 1. The Kier molecular flexibility index (Phi) is 6.12. The lowest BCUT2D eigenvalue weighted by atomic mass is 10.2. The molecule has 1 saturated heterocycles. The lowest BCUT2D eigenvalue weighted by Crippen LogP contribution is -2.36. The van der Waals surface area contributed by atoms with Gasteiger partial charge in [-0.1, -0.05) is 0 Å². The Balaban J connectivity index is 1.36. The Morgan fingerprint density at radius 2 is 2.00 bits per heavy atom. The topological polar surface area (TPSA) is 126 Å². The molecule has 1 amide bonds. The van der Waals surface area contributed by atoms with Crippen LogP contribution in [-0.4, -0.2) is 66.7 Å². The minimum Gasteiger partial charge on any atom is -0.378 e. The zero-order valence-corrected chi connectivity index (χ0v) is 17.3. The van der Waals surface area contributed by atoms with Crippen LogP contribution in [0, 0.1) is 10.1 Å². The number of ether oxygens (including phenoxy) is 1. The molecular weight excluding hydrogens is 402 g/mol. The highest BCUT2D eigenvalue weighted by Gasteiger charge is 2.27. The van der Waals surface area contributed by atoms with E-state index in [4.69, 9.17) is 4.74 Å². The smallest absolute Gasteiger partial charge is 0.329 e. The highest BCUT2D eigenvalue weighted by Crippen LogP contribution is 2.30. The number of anilines is 4. The van der Waals surface area contributed by atoms with Crippen molar-refractivity contribution in [1.29, 1.82) is 0 Å². The van der Waals surface area contributed by atoms with Crippen LogP contribution in [0.25, 0.3) is 0 Å². The van der Waals surface area contributed by atoms with Gasteiger partial charge in [0.05, 0.1) is 24.7 Å². The molecule has 1 aliphatic heterocycles. The molecule has 0 radical (unpaired) electrons. The van der Waals surface area contributed by atoms with E-state index < -0.39 is 4.92 Å². The van der Waals surface area contributed by atoms with Crippen molar-refractivity contribution in [2.24, 2.45) is 0 Å². The van der Waals surface area contributed by atoms with Gasteiger partial charge in [0.25, 0.3) is 0 Å². The number of hydrogen-bond acceptors (Lipinski definition) is 9. The van der Waals surface area contributed by atoms with E-state index in [-0.39, 0.29) is 35.9 Å².